The van der Waals surface area contributed by atoms with Gasteiger partial charge in [-0.2, -0.15) is 5.26 Å². The number of nitriles is 1. The summed E-state index contributed by atoms with van der Waals surface area (Å²) in [5, 5.41) is 9.19. The molecule has 1 aromatic carbocycles. The molecule has 98 valence electrons. The molecule has 1 rings (SSSR count). The molecular weight excluding hydrogens is 295 g/mol. The van der Waals surface area contributed by atoms with Crippen molar-refractivity contribution in [2.24, 2.45) is 5.41 Å². The minimum atomic E-state index is -3.77. The Kier molecular flexibility index (Phi) is 4.62. The van der Waals surface area contributed by atoms with Crippen molar-refractivity contribution in [1.29, 1.82) is 5.26 Å². The third kappa shape index (κ3) is 3.85. The molecule has 0 aliphatic carbocycles. The van der Waals surface area contributed by atoms with Crippen molar-refractivity contribution in [3.8, 4) is 6.07 Å². The van der Waals surface area contributed by atoms with Crippen LogP contribution < -0.4 is 4.72 Å². The van der Waals surface area contributed by atoms with Crippen molar-refractivity contribution in [3.63, 3.8) is 0 Å². The van der Waals surface area contributed by atoms with Crippen molar-refractivity contribution < 1.29 is 8.42 Å². The number of hydrogen-bond donors (Lipinski definition) is 1. The molecule has 0 amide bonds. The highest BCUT2D eigenvalue weighted by Crippen LogP contribution is 2.25. The van der Waals surface area contributed by atoms with Crippen LogP contribution in [0.5, 0.6) is 0 Å². The van der Waals surface area contributed by atoms with E-state index in [-0.39, 0.29) is 21.5 Å². The Hall–Kier alpha value is -0.800. The van der Waals surface area contributed by atoms with Crippen LogP contribution in [0.1, 0.15) is 13.8 Å². The fraction of sp³-hybridized carbons (Fsp3) is 0.364. The van der Waals surface area contributed by atoms with Gasteiger partial charge in [0.05, 0.1) is 16.5 Å². The van der Waals surface area contributed by atoms with Gasteiger partial charge in [-0.15, -0.1) is 0 Å². The van der Waals surface area contributed by atoms with E-state index in [1.165, 1.54) is 18.2 Å². The zero-order valence-corrected chi connectivity index (χ0v) is 12.2. The predicted octanol–water partition coefficient (Wildman–Crippen LogP) is 2.82. The average Bonchev–Trinajstić information content (AvgIpc) is 2.30. The topological polar surface area (TPSA) is 70.0 Å². The molecule has 18 heavy (non-hydrogen) atoms. The molecule has 0 aliphatic heterocycles. The smallest absolute Gasteiger partial charge is 0.210 e. The van der Waals surface area contributed by atoms with Crippen LogP contribution in [0.25, 0.3) is 0 Å². The number of rotatable bonds is 4. The van der Waals surface area contributed by atoms with Crippen LogP contribution in [0.15, 0.2) is 23.1 Å². The second-order valence-electron chi connectivity index (χ2n) is 4.39. The summed E-state index contributed by atoms with van der Waals surface area (Å²) >= 11 is 11.6. The first-order chi connectivity index (χ1) is 8.18. The van der Waals surface area contributed by atoms with Crippen LogP contribution in [0.4, 0.5) is 0 Å². The fourth-order valence-electron chi connectivity index (χ4n) is 1.08. The molecule has 1 aromatic rings. The van der Waals surface area contributed by atoms with Crippen molar-refractivity contribution in [3.05, 3.63) is 28.2 Å². The zero-order valence-electron chi connectivity index (χ0n) is 9.87. The number of halogens is 2. The van der Waals surface area contributed by atoms with E-state index in [0.29, 0.717) is 0 Å². The molecule has 0 aromatic heterocycles. The first-order valence-corrected chi connectivity index (χ1v) is 7.28. The molecule has 0 atom stereocenters. The third-order valence-corrected chi connectivity index (χ3v) is 4.31. The third-order valence-electron chi connectivity index (χ3n) is 2.19. The van der Waals surface area contributed by atoms with Crippen LogP contribution in [0.2, 0.25) is 10.0 Å². The molecule has 4 nitrogen and oxygen atoms in total. The second kappa shape index (κ2) is 5.45. The minimum absolute atomic E-state index is 0.00528. The molecule has 0 fully saturated rings. The molecule has 0 aliphatic rings. The Bertz CT molecular complexity index is 592. The molecule has 0 unspecified atom stereocenters. The summed E-state index contributed by atoms with van der Waals surface area (Å²) in [5.74, 6) is 0. The Labute approximate surface area is 117 Å². The fourth-order valence-corrected chi connectivity index (χ4v) is 3.05. The Morgan fingerprint density at radius 1 is 1.39 bits per heavy atom. The maximum atomic E-state index is 12.0. The van der Waals surface area contributed by atoms with Gasteiger partial charge in [-0.1, -0.05) is 23.2 Å². The van der Waals surface area contributed by atoms with E-state index in [4.69, 9.17) is 28.5 Å². The SMILES string of the molecule is CC(C)(C#N)CNS(=O)(=O)c1cc(Cl)ccc1Cl. The van der Waals surface area contributed by atoms with Gasteiger partial charge in [0.15, 0.2) is 0 Å². The molecule has 0 saturated heterocycles. The van der Waals surface area contributed by atoms with Gasteiger partial charge in [0.2, 0.25) is 10.0 Å². The lowest BCUT2D eigenvalue weighted by Gasteiger charge is -2.16. The van der Waals surface area contributed by atoms with Crippen LogP contribution >= 0.6 is 23.2 Å². The van der Waals surface area contributed by atoms with Gasteiger partial charge >= 0.3 is 0 Å². The number of nitrogens with zero attached hydrogens (tertiary/aromatic N) is 1. The molecular formula is C11H12Cl2N2O2S. The Balaban J connectivity index is 3.02. The summed E-state index contributed by atoms with van der Waals surface area (Å²) in [6, 6.07) is 6.19. The van der Waals surface area contributed by atoms with Gasteiger partial charge in [0.25, 0.3) is 0 Å². The maximum Gasteiger partial charge on any atom is 0.242 e. The van der Waals surface area contributed by atoms with Crippen LogP contribution in [-0.2, 0) is 10.0 Å². The second-order valence-corrected chi connectivity index (χ2v) is 6.97. The number of benzene rings is 1. The zero-order chi connectivity index (χ0) is 14.0. The Morgan fingerprint density at radius 3 is 2.56 bits per heavy atom. The quantitative estimate of drug-likeness (QED) is 0.930. The van der Waals surface area contributed by atoms with Crippen LogP contribution in [-0.4, -0.2) is 15.0 Å². The summed E-state index contributed by atoms with van der Waals surface area (Å²) in [4.78, 5) is -0.0922. The molecule has 7 heteroatoms. The lowest BCUT2D eigenvalue weighted by atomic mass is 9.97. The number of nitrogens with one attached hydrogen (secondary N) is 1. The van der Waals surface area contributed by atoms with Crippen molar-refractivity contribution in [1.82, 2.24) is 4.72 Å². The molecule has 0 radical (unpaired) electrons. The van der Waals surface area contributed by atoms with E-state index in [1.807, 2.05) is 6.07 Å². The number of sulfonamides is 1. The van der Waals surface area contributed by atoms with Gasteiger partial charge in [-0.3, -0.25) is 0 Å². The lowest BCUT2D eigenvalue weighted by Crippen LogP contribution is -2.33. The van der Waals surface area contributed by atoms with E-state index < -0.39 is 15.4 Å². The molecule has 0 heterocycles. The molecule has 1 N–H and O–H groups in total. The normalized spacial score (nSPS) is 12.2. The van der Waals surface area contributed by atoms with Gasteiger partial charge in [0.1, 0.15) is 4.90 Å². The van der Waals surface area contributed by atoms with Crippen LogP contribution in [0, 0.1) is 16.7 Å². The summed E-state index contributed by atoms with van der Waals surface area (Å²) < 4.78 is 26.3. The number of hydrogen-bond acceptors (Lipinski definition) is 3. The van der Waals surface area contributed by atoms with Gasteiger partial charge < -0.3 is 0 Å². The van der Waals surface area contributed by atoms with E-state index in [9.17, 15) is 8.42 Å². The Morgan fingerprint density at radius 2 is 2.00 bits per heavy atom. The molecule has 0 saturated carbocycles. The maximum absolute atomic E-state index is 12.0. The van der Waals surface area contributed by atoms with Crippen molar-refractivity contribution >= 4 is 33.2 Å². The highest BCUT2D eigenvalue weighted by atomic mass is 35.5. The minimum Gasteiger partial charge on any atom is -0.210 e. The molecule has 0 bridgehead atoms. The average molecular weight is 307 g/mol. The highest BCUT2D eigenvalue weighted by molar-refractivity contribution is 7.89. The van der Waals surface area contributed by atoms with Crippen LogP contribution in [0.3, 0.4) is 0 Å². The largest absolute Gasteiger partial charge is 0.242 e. The highest BCUT2D eigenvalue weighted by Gasteiger charge is 2.23. The van der Waals surface area contributed by atoms with Gasteiger partial charge in [-0.25, -0.2) is 13.1 Å². The molecule has 0 spiro atoms. The lowest BCUT2D eigenvalue weighted by molar-refractivity contribution is 0.479. The van der Waals surface area contributed by atoms with E-state index >= 15 is 0 Å². The van der Waals surface area contributed by atoms with Crippen molar-refractivity contribution in [2.45, 2.75) is 18.7 Å². The van der Waals surface area contributed by atoms with E-state index in [1.54, 1.807) is 13.8 Å². The summed E-state index contributed by atoms with van der Waals surface area (Å²) in [6.07, 6.45) is 0. The van der Waals surface area contributed by atoms with E-state index in [0.717, 1.165) is 0 Å². The van der Waals surface area contributed by atoms with E-state index in [2.05, 4.69) is 4.72 Å². The summed E-state index contributed by atoms with van der Waals surface area (Å²) in [5.41, 5.74) is -0.794. The summed E-state index contributed by atoms with van der Waals surface area (Å²) in [6.45, 7) is 3.26. The standard InChI is InChI=1S/C11H12Cl2N2O2S/c1-11(2,6-14)7-15-18(16,17)10-5-8(12)3-4-9(10)13/h3-5,15H,7H2,1-2H3. The van der Waals surface area contributed by atoms with Crippen molar-refractivity contribution in [2.75, 3.05) is 6.54 Å². The van der Waals surface area contributed by atoms with Gasteiger partial charge in [-0.05, 0) is 32.0 Å². The first-order valence-electron chi connectivity index (χ1n) is 5.04. The first kappa shape index (κ1) is 15.3. The monoisotopic (exact) mass is 306 g/mol. The van der Waals surface area contributed by atoms with Gasteiger partial charge in [0, 0.05) is 11.6 Å². The predicted molar refractivity (Wildman–Crippen MR) is 71.0 cm³/mol. The summed E-state index contributed by atoms with van der Waals surface area (Å²) in [7, 11) is -3.77.